The van der Waals surface area contributed by atoms with Crippen molar-refractivity contribution in [3.05, 3.63) is 194 Å². The molecule has 0 unspecified atom stereocenters. The third-order valence-corrected chi connectivity index (χ3v) is 20.4. The van der Waals surface area contributed by atoms with Crippen molar-refractivity contribution in [2.24, 2.45) is 0 Å². The van der Waals surface area contributed by atoms with Crippen LogP contribution in [-0.2, 0) is 14.2 Å². The summed E-state index contributed by atoms with van der Waals surface area (Å²) in [6.07, 6.45) is 0. The molecule has 0 radical (unpaired) electrons. The van der Waals surface area contributed by atoms with Crippen LogP contribution in [0.1, 0.15) is 237 Å². The van der Waals surface area contributed by atoms with Gasteiger partial charge in [-0.05, 0) is 331 Å². The first-order valence-corrected chi connectivity index (χ1v) is 32.5. The Balaban J connectivity index is 0.000000963. The Morgan fingerprint density at radius 3 is 0.678 bits per heavy atom. The Morgan fingerprint density at radius 1 is 0.230 bits per heavy atom. The van der Waals surface area contributed by atoms with Crippen molar-refractivity contribution in [3.63, 3.8) is 0 Å². The van der Waals surface area contributed by atoms with E-state index in [0.29, 0.717) is 0 Å². The number of aryl methyl sites for hydroxylation is 5. The maximum atomic E-state index is 5.41. The van der Waals surface area contributed by atoms with E-state index >= 15 is 0 Å². The number of allylic oxidation sites excluding steroid dienone is 20. The van der Waals surface area contributed by atoms with Crippen LogP contribution in [-0.4, -0.2) is 15.0 Å². The highest BCUT2D eigenvalue weighted by molar-refractivity contribution is 8.13. The van der Waals surface area contributed by atoms with Crippen LogP contribution < -0.4 is 21.3 Å². The molecule has 482 valence electrons. The molecule has 87 heavy (non-hydrogen) atoms. The molecule has 10 nitrogen and oxygen atoms in total. The summed E-state index contributed by atoms with van der Waals surface area (Å²) < 4.78 is 16.1. The lowest BCUT2D eigenvalue weighted by Gasteiger charge is -2.21. The van der Waals surface area contributed by atoms with Gasteiger partial charge in [0.1, 0.15) is 40.4 Å². The van der Waals surface area contributed by atoms with E-state index in [4.69, 9.17) is 14.2 Å². The summed E-state index contributed by atoms with van der Waals surface area (Å²) in [6, 6.07) is 0. The normalized spacial score (nSPS) is 15.1. The Bertz CT molecular complexity index is 2700. The molecule has 7 heterocycles. The monoisotopic (exact) mass is 1250 g/mol. The van der Waals surface area contributed by atoms with Gasteiger partial charge in [0.05, 0.1) is 11.4 Å². The molecule has 0 spiro atoms. The van der Waals surface area contributed by atoms with E-state index in [9.17, 15) is 0 Å². The Morgan fingerprint density at radius 2 is 0.437 bits per heavy atom. The summed E-state index contributed by atoms with van der Waals surface area (Å²) in [6.45, 7) is 76.5. The molecular formula is C74H115N7O3S3. The molecule has 0 aliphatic carbocycles. The average molecular weight is 1250 g/mol. The van der Waals surface area contributed by atoms with Crippen LogP contribution in [0.5, 0.6) is 0 Å². The predicted molar refractivity (Wildman–Crippen MR) is 385 cm³/mol. The van der Waals surface area contributed by atoms with E-state index in [-0.39, 0.29) is 0 Å². The number of hydrogen-bond donors (Lipinski definition) is 4. The van der Waals surface area contributed by atoms with E-state index in [1.807, 2.05) is 132 Å². The van der Waals surface area contributed by atoms with E-state index < -0.39 is 0 Å². The van der Waals surface area contributed by atoms with Gasteiger partial charge in [0.15, 0.2) is 0 Å². The molecule has 0 saturated carbocycles. The van der Waals surface area contributed by atoms with Crippen LogP contribution in [0.3, 0.4) is 0 Å². The SMILES string of the molecule is CC#CC.CC1=C(C)NC(C)=C(C)N1.CC1=C(C)OC(C)=C(C)N1.CC1=C(C)OC(C)=C(C)O1.CC1=C(C)SC(C)=C(C)N1.CC1=C(C)SC(C)=C(C)S1.Cc1c(C)c(C)c(C)c(C)c1C.Cc1nc(C)c(C)c(C)c1C.Cc1nc(C)c(C)c(C)n1. The number of benzene rings is 1. The summed E-state index contributed by atoms with van der Waals surface area (Å²) in [4.78, 5) is 21.4. The second kappa shape index (κ2) is 38.5. The molecule has 0 amide bonds. The summed E-state index contributed by atoms with van der Waals surface area (Å²) in [7, 11) is 0. The quantitative estimate of drug-likeness (QED) is 0.160. The lowest BCUT2D eigenvalue weighted by molar-refractivity contribution is 0.177. The van der Waals surface area contributed by atoms with Crippen molar-refractivity contribution in [2.75, 3.05) is 0 Å². The second-order valence-electron chi connectivity index (χ2n) is 22.8. The number of hydrogen-bond acceptors (Lipinski definition) is 13. The Labute approximate surface area is 544 Å². The minimum atomic E-state index is 0.850. The van der Waals surface area contributed by atoms with Gasteiger partial charge in [0, 0.05) is 66.8 Å². The molecule has 5 aliphatic rings. The Hall–Kier alpha value is -5.94. The maximum absolute atomic E-state index is 5.41. The van der Waals surface area contributed by atoms with Gasteiger partial charge in [0.25, 0.3) is 0 Å². The summed E-state index contributed by atoms with van der Waals surface area (Å²) in [5.41, 5.74) is 28.1. The molecule has 4 N–H and O–H groups in total. The molecule has 13 heteroatoms. The number of aromatic nitrogens is 3. The molecule has 0 saturated heterocycles. The number of nitrogens with one attached hydrogen (secondary N) is 4. The first kappa shape index (κ1) is 81.1. The van der Waals surface area contributed by atoms with Crippen molar-refractivity contribution < 1.29 is 14.2 Å². The lowest BCUT2D eigenvalue weighted by Crippen LogP contribution is -2.26. The highest BCUT2D eigenvalue weighted by Crippen LogP contribution is 2.43. The van der Waals surface area contributed by atoms with Crippen molar-refractivity contribution in [1.29, 1.82) is 0 Å². The van der Waals surface area contributed by atoms with Crippen LogP contribution in [0, 0.1) is 116 Å². The zero-order valence-corrected chi connectivity index (χ0v) is 63.7. The van der Waals surface area contributed by atoms with Crippen LogP contribution in [0.4, 0.5) is 0 Å². The number of rotatable bonds is 0. The van der Waals surface area contributed by atoms with Gasteiger partial charge in [-0.1, -0.05) is 35.3 Å². The number of pyridine rings is 1. The fraction of sp³-hybridized carbons (Fsp3) is 0.500. The predicted octanol–water partition coefficient (Wildman–Crippen LogP) is 22.0. The highest BCUT2D eigenvalue weighted by atomic mass is 32.2. The topological polar surface area (TPSA) is 114 Å². The molecule has 0 fully saturated rings. The number of ether oxygens (including phenoxy) is 3. The van der Waals surface area contributed by atoms with Gasteiger partial charge in [-0.25, -0.2) is 9.97 Å². The third-order valence-electron chi connectivity index (χ3n) is 16.5. The Kier molecular flexibility index (Phi) is 35.8. The molecule has 3 aromatic rings. The number of thioether (sulfide) groups is 3. The first-order chi connectivity index (χ1) is 40.1. The number of nitrogens with zero attached hydrogens (tertiary/aromatic N) is 3. The smallest absolute Gasteiger partial charge is 0.139 e. The summed E-state index contributed by atoms with van der Waals surface area (Å²) in [5.74, 6) is 11.5. The van der Waals surface area contributed by atoms with E-state index in [2.05, 4.69) is 207 Å². The molecule has 8 rings (SSSR count). The highest BCUT2D eigenvalue weighted by Gasteiger charge is 2.14. The molecule has 2 aromatic heterocycles. The first-order valence-electron chi connectivity index (χ1n) is 30.0. The van der Waals surface area contributed by atoms with Crippen molar-refractivity contribution in [2.45, 2.75) is 256 Å². The lowest BCUT2D eigenvalue weighted by atomic mass is 9.90. The van der Waals surface area contributed by atoms with Crippen LogP contribution in [0.25, 0.3) is 0 Å². The minimum absolute atomic E-state index is 0.850. The van der Waals surface area contributed by atoms with Crippen LogP contribution in [0.2, 0.25) is 0 Å². The zero-order chi connectivity index (χ0) is 67.8. The fourth-order valence-corrected chi connectivity index (χ4v) is 10.8. The van der Waals surface area contributed by atoms with E-state index in [1.54, 1.807) is 0 Å². The van der Waals surface area contributed by atoms with Gasteiger partial charge < -0.3 is 35.5 Å². The second-order valence-corrected chi connectivity index (χ2v) is 27.0. The zero-order valence-electron chi connectivity index (χ0n) is 61.3. The molecule has 5 aliphatic heterocycles. The molecule has 1 aromatic carbocycles. The molecule has 0 bridgehead atoms. The van der Waals surface area contributed by atoms with Gasteiger partial charge >= 0.3 is 0 Å². The largest absolute Gasteiger partial charge is 0.463 e. The standard InChI is InChI=1S/C12H18.C10H15N.C8H14N2.C8H12N2.C8H13NO.C8H13NS.C8H12O2.C8H12S2.C4H6/c1-7-8(2)10(4)12(6)11(5)9(7)3;1-6-7(2)9(4)11-10(5)8(6)3;1-5-6(2)10-8(4)7(3)9-5;1-5-6(2)9-8(4)10-7(5)3;2*1-5-7(3)10-8(4)6(2)9-5;2*1-5-6(2)10-8(4)7(3)9-5;1-3-4-2/h1-6H3;1-5H3;9-10H,1-4H3;1-4H3;2*9H,1-4H3;2*1-4H3;1-2H3. The minimum Gasteiger partial charge on any atom is -0.463 e. The molecule has 0 atom stereocenters. The van der Waals surface area contributed by atoms with Crippen molar-refractivity contribution in [3.8, 4) is 11.8 Å². The van der Waals surface area contributed by atoms with Crippen molar-refractivity contribution >= 4 is 35.3 Å². The fourth-order valence-electron chi connectivity index (χ4n) is 7.98. The third kappa shape index (κ3) is 26.7. The average Bonchev–Trinajstić information content (AvgIpc) is 3.62. The van der Waals surface area contributed by atoms with Gasteiger partial charge in [-0.15, -0.1) is 11.8 Å². The molecular weight excluding hydrogens is 1130 g/mol. The van der Waals surface area contributed by atoms with Crippen LogP contribution >= 0.6 is 35.3 Å². The maximum Gasteiger partial charge on any atom is 0.139 e. The van der Waals surface area contributed by atoms with Crippen molar-refractivity contribution in [1.82, 2.24) is 36.2 Å². The van der Waals surface area contributed by atoms with E-state index in [1.165, 1.54) is 119 Å². The summed E-state index contributed by atoms with van der Waals surface area (Å²) >= 11 is 5.65. The van der Waals surface area contributed by atoms with E-state index in [0.717, 1.165) is 74.5 Å². The van der Waals surface area contributed by atoms with Gasteiger partial charge in [-0.3, -0.25) is 4.98 Å². The summed E-state index contributed by atoms with van der Waals surface area (Å²) in [5, 5.41) is 13.1. The van der Waals surface area contributed by atoms with Gasteiger partial charge in [0.2, 0.25) is 0 Å². The van der Waals surface area contributed by atoms with Gasteiger partial charge in [-0.2, -0.15) is 0 Å². The van der Waals surface area contributed by atoms with Crippen LogP contribution in [0.15, 0.2) is 110 Å².